The van der Waals surface area contributed by atoms with Gasteiger partial charge in [-0.1, -0.05) is 0 Å². The van der Waals surface area contributed by atoms with Crippen LogP contribution in [0, 0.1) is 20.8 Å². The third-order valence-corrected chi connectivity index (χ3v) is 23.8. The molecule has 15 heterocycles. The van der Waals surface area contributed by atoms with Crippen LogP contribution in [0.2, 0.25) is 0 Å². The molecular weight excluding hydrogens is 1470 g/mol. The highest BCUT2D eigenvalue weighted by molar-refractivity contribution is 6.12. The van der Waals surface area contributed by atoms with Crippen molar-refractivity contribution in [2.24, 2.45) is 7.05 Å². The molecule has 0 aliphatic heterocycles. The molecule has 28 nitrogen and oxygen atoms in total. The van der Waals surface area contributed by atoms with E-state index in [1.54, 1.807) is 17.1 Å². The number of carbonyl (C=O) groups is 1. The van der Waals surface area contributed by atoms with E-state index < -0.39 is 0 Å². The second-order valence-corrected chi connectivity index (χ2v) is 30.8. The number of methoxy groups -OCH3 is 1. The summed E-state index contributed by atoms with van der Waals surface area (Å²) in [6.07, 6.45) is 38.8. The minimum Gasteiger partial charge on any atom is -0.464 e. The van der Waals surface area contributed by atoms with E-state index in [2.05, 4.69) is 142 Å². The van der Waals surface area contributed by atoms with E-state index in [-0.39, 0.29) is 12.6 Å². The van der Waals surface area contributed by atoms with Gasteiger partial charge in [-0.3, -0.25) is 40.0 Å². The van der Waals surface area contributed by atoms with Crippen molar-refractivity contribution in [3.05, 3.63) is 208 Å². The first-order chi connectivity index (χ1) is 57.5. The van der Waals surface area contributed by atoms with Crippen molar-refractivity contribution in [1.82, 2.24) is 126 Å². The number of aromatic amines is 8. The summed E-state index contributed by atoms with van der Waals surface area (Å²) in [7, 11) is 3.37. The third-order valence-electron chi connectivity index (χ3n) is 23.8. The Balaban J connectivity index is 0.0000000943. The highest BCUT2D eigenvalue weighted by Crippen LogP contribution is 2.44. The van der Waals surface area contributed by atoms with Gasteiger partial charge >= 0.3 is 5.97 Å². The van der Waals surface area contributed by atoms with Crippen LogP contribution in [0.1, 0.15) is 123 Å². The number of aliphatic hydroxyl groups excluding tert-OH is 1. The van der Waals surface area contributed by atoms with Crippen molar-refractivity contribution in [3.63, 3.8) is 0 Å². The molecule has 28 heteroatoms. The SMILES string of the molecule is COC(=O)c1[nH]ccc1-c1nc2ccc3[nH]ncc3c2c2c1CCCC2.Cc1[nH]ncc1-c1cc(C)c2c(ccc3[nH]ncc32)n1.Cc1nn(C)cc1-c1nc2ccc3[nH]ncc3c2c2c1CCCC2.OCCn1cc(-c2nc3ccc4[nH]ncc4c3c3c2CCCC3)cn1.c1n[nH]nc1-c1nc2ccc3[nH]ncc3c2c2c1CCCC2. The van der Waals surface area contributed by atoms with Gasteiger partial charge in [0.25, 0.3) is 0 Å². The molecule has 15 aromatic heterocycles. The summed E-state index contributed by atoms with van der Waals surface area (Å²) >= 11 is 0. The molecule has 0 radical (unpaired) electrons. The number of ether oxygens (including phenoxy) is 1. The Kier molecular flexibility index (Phi) is 18.5. The zero-order valence-electron chi connectivity index (χ0n) is 65.4. The number of H-pyrrole nitrogens is 8. The summed E-state index contributed by atoms with van der Waals surface area (Å²) in [5.74, 6) is -0.373. The Hall–Kier alpha value is -14.0. The van der Waals surface area contributed by atoms with Crippen LogP contribution in [-0.2, 0) is 69.7 Å². The van der Waals surface area contributed by atoms with Gasteiger partial charge in [0, 0.05) is 107 Å². The molecule has 0 spiro atoms. The number of rotatable bonds is 8. The Morgan fingerprint density at radius 1 is 0.436 bits per heavy atom. The summed E-state index contributed by atoms with van der Waals surface area (Å²) in [5, 5.41) is 83.9. The maximum atomic E-state index is 12.1. The molecule has 9 N–H and O–H groups in total. The minimum atomic E-state index is -0.373. The lowest BCUT2D eigenvalue weighted by atomic mass is 9.85. The number of fused-ring (bicyclic) bond motifs is 23. The lowest BCUT2D eigenvalue weighted by Gasteiger charge is -2.21. The number of hydrogen-bond donors (Lipinski definition) is 9. The second-order valence-electron chi connectivity index (χ2n) is 30.8. The number of esters is 1. The van der Waals surface area contributed by atoms with Crippen LogP contribution in [0.15, 0.2) is 141 Å². The Morgan fingerprint density at radius 2 is 0.863 bits per heavy atom. The number of carbonyl (C=O) groups excluding carboxylic acids is 1. The smallest absolute Gasteiger partial charge is 0.355 e. The van der Waals surface area contributed by atoms with Crippen LogP contribution in [0.4, 0.5) is 0 Å². The number of benzene rings is 5. The van der Waals surface area contributed by atoms with Gasteiger partial charge in [0.2, 0.25) is 0 Å². The number of pyridine rings is 5. The maximum Gasteiger partial charge on any atom is 0.355 e. The van der Waals surface area contributed by atoms with Crippen LogP contribution < -0.4 is 0 Å². The van der Waals surface area contributed by atoms with Gasteiger partial charge in [0.15, 0.2) is 0 Å². The molecule has 5 aromatic carbocycles. The first-order valence-corrected chi connectivity index (χ1v) is 40.1. The highest BCUT2D eigenvalue weighted by atomic mass is 16.5. The van der Waals surface area contributed by atoms with E-state index in [9.17, 15) is 4.79 Å². The molecule has 0 bridgehead atoms. The summed E-state index contributed by atoms with van der Waals surface area (Å²) in [6, 6.07) is 24.5. The predicted molar refractivity (Wildman–Crippen MR) is 452 cm³/mol. The largest absolute Gasteiger partial charge is 0.464 e. The molecule has 4 aliphatic rings. The van der Waals surface area contributed by atoms with Crippen molar-refractivity contribution < 1.29 is 14.6 Å². The highest BCUT2D eigenvalue weighted by Gasteiger charge is 2.29. The second kappa shape index (κ2) is 30.1. The van der Waals surface area contributed by atoms with Gasteiger partial charge in [-0.25, -0.2) is 29.7 Å². The average Bonchev–Trinajstić information content (AvgIpc) is 1.61. The Morgan fingerprint density at radius 3 is 1.30 bits per heavy atom. The average molecular weight is 1550 g/mol. The zero-order chi connectivity index (χ0) is 78.9. The number of aryl methyl sites for hydroxylation is 8. The normalized spacial score (nSPS) is 13.8. The lowest BCUT2D eigenvalue weighted by molar-refractivity contribution is 0.0595. The van der Waals surface area contributed by atoms with Crippen molar-refractivity contribution in [1.29, 1.82) is 0 Å². The standard InChI is InChI=1S/C20H18N4O2.C19H19N5O.C19H19N5.C16H14N6.C15H13N5/c1-26-20(25)19-13(8-9-21-19)18-12-5-3-2-4-11(12)17-14-10-22-24-15(14)6-7-16(17)23-18;25-8-7-24-11-12(9-21-24)19-14-4-2-1-3-13(14)18-15-10-20-23-16(15)5-6-17(18)22-19;1-11-15(10-24(2)23-11)19-13-6-4-3-5-12(13)18-14-9-20-22-16(14)7-8-17(18)21-19;1-2-4-10-9(3-1)15-11-7-17-20-12(11)5-6-13(15)19-16(10)14-8-18-22-21-14;1-8-5-14(10-6-16-19-9(10)2)18-13-4-3-12-11(15(8)13)7-17-20-12/h6-10,21H,2-5H2,1H3,(H,22,24);5-6,9-11,25H,1-4,7-8H2,(H,20,23);7-10H,3-6H2,1-2H3,(H,20,22);5-8H,1-4H2,(H,17,20)(H,18,21,22);3-7H,1-2H3,(H,16,19)(H,17,20). The fraction of sp³-hybridized carbons (Fsp3) is 0.258. The van der Waals surface area contributed by atoms with E-state index in [1.807, 2.05) is 111 Å². The Labute approximate surface area is 667 Å². The number of aromatic nitrogens is 25. The molecule has 24 rings (SSSR count). The molecule has 20 aromatic rings. The maximum absolute atomic E-state index is 12.1. The van der Waals surface area contributed by atoms with Crippen molar-refractivity contribution in [2.75, 3.05) is 13.7 Å². The van der Waals surface area contributed by atoms with E-state index in [1.165, 1.54) is 123 Å². The molecule has 0 saturated heterocycles. The van der Waals surface area contributed by atoms with Gasteiger partial charge in [-0.2, -0.15) is 56.2 Å². The number of hydrogen-bond acceptors (Lipinski definition) is 18. The van der Waals surface area contributed by atoms with Gasteiger partial charge in [0.05, 0.1) is 159 Å². The van der Waals surface area contributed by atoms with E-state index in [0.717, 1.165) is 214 Å². The fourth-order valence-corrected chi connectivity index (χ4v) is 18.5. The van der Waals surface area contributed by atoms with Crippen molar-refractivity contribution >= 4 is 115 Å². The topological polar surface area (TPSA) is 376 Å². The summed E-state index contributed by atoms with van der Waals surface area (Å²) in [5.41, 5.74) is 34.7. The van der Waals surface area contributed by atoms with Crippen LogP contribution in [-0.4, -0.2) is 151 Å². The molecule has 582 valence electrons. The zero-order valence-corrected chi connectivity index (χ0v) is 65.4. The molecular formula is C89H83N25O3. The summed E-state index contributed by atoms with van der Waals surface area (Å²) in [4.78, 5) is 39.9. The monoisotopic (exact) mass is 1550 g/mol. The van der Waals surface area contributed by atoms with Gasteiger partial charge < -0.3 is 14.8 Å². The number of nitrogens with zero attached hydrogens (tertiary/aromatic N) is 17. The molecule has 0 fully saturated rings. The quantitative estimate of drug-likeness (QED) is 0.0638. The van der Waals surface area contributed by atoms with Gasteiger partial charge in [0.1, 0.15) is 11.4 Å². The molecule has 0 unspecified atom stereocenters. The molecule has 117 heavy (non-hydrogen) atoms. The number of aliphatic hydroxyl groups is 1. The Bertz CT molecular complexity index is 7220. The van der Waals surface area contributed by atoms with Crippen LogP contribution in [0.5, 0.6) is 0 Å². The van der Waals surface area contributed by atoms with Crippen LogP contribution in [0.25, 0.3) is 165 Å². The lowest BCUT2D eigenvalue weighted by Crippen LogP contribution is -2.10. The first kappa shape index (κ1) is 72.0. The van der Waals surface area contributed by atoms with Gasteiger partial charge in [-0.05, 0) is 246 Å². The van der Waals surface area contributed by atoms with Crippen LogP contribution in [0.3, 0.4) is 0 Å². The summed E-state index contributed by atoms with van der Waals surface area (Å²) < 4.78 is 8.58. The van der Waals surface area contributed by atoms with Crippen molar-refractivity contribution in [3.8, 4) is 56.4 Å². The fourth-order valence-electron chi connectivity index (χ4n) is 18.5. The van der Waals surface area contributed by atoms with E-state index in [4.69, 9.17) is 34.8 Å². The number of nitrogens with one attached hydrogen (secondary N) is 8. The third kappa shape index (κ3) is 12.8. The van der Waals surface area contributed by atoms with Crippen LogP contribution >= 0.6 is 0 Å². The molecule has 0 amide bonds. The van der Waals surface area contributed by atoms with E-state index in [0.29, 0.717) is 12.2 Å². The molecule has 0 atom stereocenters. The predicted octanol–water partition coefficient (Wildman–Crippen LogP) is 16.2. The van der Waals surface area contributed by atoms with Gasteiger partial charge in [-0.15, -0.1) is 0 Å². The summed E-state index contributed by atoms with van der Waals surface area (Å²) in [6.45, 7) is 6.77. The van der Waals surface area contributed by atoms with Crippen molar-refractivity contribution in [2.45, 2.75) is 130 Å². The minimum absolute atomic E-state index is 0.0862. The van der Waals surface area contributed by atoms with E-state index >= 15 is 0 Å². The molecule has 4 aliphatic carbocycles. The first-order valence-electron chi connectivity index (χ1n) is 40.1. The molecule has 0 saturated carbocycles.